The molecule has 6 nitrogen and oxygen atoms in total. The number of carbonyl (C=O) groups excluding carboxylic acids is 1. The fraction of sp³-hybridized carbons (Fsp3) is 0.130. The Kier molecular flexibility index (Phi) is 7.56. The number of amides is 1. The predicted molar refractivity (Wildman–Crippen MR) is 129 cm³/mol. The minimum absolute atomic E-state index is 0.0235. The molecule has 0 heterocycles. The first-order valence-electron chi connectivity index (χ1n) is 9.60. The number of benzene rings is 3. The summed E-state index contributed by atoms with van der Waals surface area (Å²) in [6.07, 6.45) is 1.43. The fourth-order valence-corrected chi connectivity index (χ4v) is 4.60. The Morgan fingerprint density at radius 2 is 1.69 bits per heavy atom. The van der Waals surface area contributed by atoms with Gasteiger partial charge >= 0.3 is 0 Å². The van der Waals surface area contributed by atoms with Gasteiger partial charge in [-0.05, 0) is 79.1 Å². The second-order valence-corrected chi connectivity index (χ2v) is 9.82. The van der Waals surface area contributed by atoms with Crippen LogP contribution in [0.15, 0.2) is 76.7 Å². The van der Waals surface area contributed by atoms with Gasteiger partial charge in [-0.1, -0.05) is 41.4 Å². The van der Waals surface area contributed by atoms with Crippen molar-refractivity contribution >= 4 is 51.0 Å². The number of sulfonamides is 1. The third-order valence-corrected chi connectivity index (χ3v) is 6.99. The Bertz CT molecular complexity index is 1260. The molecular weight excluding hydrogens is 469 g/mol. The van der Waals surface area contributed by atoms with Crippen LogP contribution in [0.2, 0.25) is 10.0 Å². The SMILES string of the molecule is Cc1ccc(N(CC(=O)N/N=C\c2cccc(Cl)c2)S(=O)(=O)c2ccc(Cl)cc2)cc1C. The molecule has 0 aliphatic rings. The first-order chi connectivity index (χ1) is 15.2. The summed E-state index contributed by atoms with van der Waals surface area (Å²) in [7, 11) is -4.03. The van der Waals surface area contributed by atoms with Gasteiger partial charge in [0.15, 0.2) is 0 Å². The van der Waals surface area contributed by atoms with E-state index in [0.29, 0.717) is 21.3 Å². The van der Waals surface area contributed by atoms with E-state index in [0.717, 1.165) is 15.4 Å². The number of nitrogens with one attached hydrogen (secondary N) is 1. The van der Waals surface area contributed by atoms with Crippen molar-refractivity contribution < 1.29 is 13.2 Å². The van der Waals surface area contributed by atoms with Crippen molar-refractivity contribution in [1.82, 2.24) is 5.43 Å². The zero-order valence-electron chi connectivity index (χ0n) is 17.4. The lowest BCUT2D eigenvalue weighted by Gasteiger charge is -2.24. The summed E-state index contributed by atoms with van der Waals surface area (Å²) in [6, 6.07) is 17.9. The van der Waals surface area contributed by atoms with E-state index in [2.05, 4.69) is 10.5 Å². The Morgan fingerprint density at radius 3 is 2.34 bits per heavy atom. The number of nitrogens with zero attached hydrogens (tertiary/aromatic N) is 2. The molecule has 0 spiro atoms. The third-order valence-electron chi connectivity index (χ3n) is 4.72. The molecule has 0 aliphatic carbocycles. The van der Waals surface area contributed by atoms with Crippen molar-refractivity contribution in [1.29, 1.82) is 0 Å². The fourth-order valence-electron chi connectivity index (χ4n) is 2.86. The smallest absolute Gasteiger partial charge is 0.264 e. The van der Waals surface area contributed by atoms with E-state index in [1.54, 1.807) is 36.4 Å². The summed E-state index contributed by atoms with van der Waals surface area (Å²) >= 11 is 11.8. The summed E-state index contributed by atoms with van der Waals surface area (Å²) in [4.78, 5) is 12.6. The molecule has 3 aromatic carbocycles. The number of halogens is 2. The molecule has 0 radical (unpaired) electrons. The summed E-state index contributed by atoms with van der Waals surface area (Å²) in [5, 5.41) is 4.85. The van der Waals surface area contributed by atoms with E-state index in [4.69, 9.17) is 23.2 Å². The maximum Gasteiger partial charge on any atom is 0.264 e. The second-order valence-electron chi connectivity index (χ2n) is 7.08. The Labute approximate surface area is 197 Å². The average molecular weight is 490 g/mol. The lowest BCUT2D eigenvalue weighted by atomic mass is 10.1. The maximum atomic E-state index is 13.4. The Hall–Kier alpha value is -2.87. The van der Waals surface area contributed by atoms with Crippen molar-refractivity contribution in [3.8, 4) is 0 Å². The highest BCUT2D eigenvalue weighted by atomic mass is 35.5. The van der Waals surface area contributed by atoms with Crippen LogP contribution < -0.4 is 9.73 Å². The largest absolute Gasteiger partial charge is 0.271 e. The molecule has 3 rings (SSSR count). The van der Waals surface area contributed by atoms with Gasteiger partial charge < -0.3 is 0 Å². The highest BCUT2D eigenvalue weighted by Crippen LogP contribution is 2.26. The van der Waals surface area contributed by atoms with E-state index in [1.165, 1.54) is 30.5 Å². The number of rotatable bonds is 7. The van der Waals surface area contributed by atoms with Crippen molar-refractivity contribution in [3.05, 3.63) is 93.5 Å². The molecular formula is C23H21Cl2N3O3S. The van der Waals surface area contributed by atoms with Crippen LogP contribution in [-0.2, 0) is 14.8 Å². The molecule has 1 amide bonds. The first-order valence-corrected chi connectivity index (χ1v) is 11.8. The third kappa shape index (κ3) is 5.88. The van der Waals surface area contributed by atoms with Gasteiger partial charge in [-0.25, -0.2) is 13.8 Å². The zero-order valence-corrected chi connectivity index (χ0v) is 19.7. The van der Waals surface area contributed by atoms with Crippen LogP contribution in [0.4, 0.5) is 5.69 Å². The van der Waals surface area contributed by atoms with Gasteiger partial charge in [0, 0.05) is 10.0 Å². The van der Waals surface area contributed by atoms with E-state index in [1.807, 2.05) is 19.9 Å². The van der Waals surface area contributed by atoms with E-state index in [9.17, 15) is 13.2 Å². The minimum atomic E-state index is -4.03. The van der Waals surface area contributed by atoms with Gasteiger partial charge in [-0.3, -0.25) is 9.10 Å². The van der Waals surface area contributed by atoms with Gasteiger partial charge in [-0.15, -0.1) is 0 Å². The predicted octanol–water partition coefficient (Wildman–Crippen LogP) is 4.96. The molecule has 1 N–H and O–H groups in total. The molecule has 0 saturated heterocycles. The van der Waals surface area contributed by atoms with Gasteiger partial charge in [0.25, 0.3) is 15.9 Å². The summed E-state index contributed by atoms with van der Waals surface area (Å²) < 4.78 is 27.8. The van der Waals surface area contributed by atoms with Crippen LogP contribution in [0.5, 0.6) is 0 Å². The maximum absolute atomic E-state index is 13.4. The van der Waals surface area contributed by atoms with Gasteiger partial charge in [0.2, 0.25) is 0 Å². The number of anilines is 1. The van der Waals surface area contributed by atoms with Gasteiger partial charge in [0.05, 0.1) is 16.8 Å². The highest BCUT2D eigenvalue weighted by Gasteiger charge is 2.27. The zero-order chi connectivity index (χ0) is 23.3. The molecule has 0 bridgehead atoms. The van der Waals surface area contributed by atoms with E-state index >= 15 is 0 Å². The van der Waals surface area contributed by atoms with Crippen molar-refractivity contribution in [2.45, 2.75) is 18.7 Å². The molecule has 166 valence electrons. The average Bonchev–Trinajstić information content (AvgIpc) is 2.74. The summed E-state index contributed by atoms with van der Waals surface area (Å²) in [5.41, 5.74) is 5.34. The van der Waals surface area contributed by atoms with Gasteiger partial charge in [-0.2, -0.15) is 5.10 Å². The molecule has 9 heteroatoms. The van der Waals surface area contributed by atoms with Crippen molar-refractivity contribution in [3.63, 3.8) is 0 Å². The monoisotopic (exact) mass is 489 g/mol. The standard InChI is InChI=1S/C23H21Cl2N3O3S/c1-16-6-9-21(12-17(16)2)28(32(30,31)22-10-7-19(24)8-11-22)15-23(29)27-26-14-18-4-3-5-20(25)13-18/h3-14H,15H2,1-2H3,(H,27,29)/b26-14-. The van der Waals surface area contributed by atoms with Gasteiger partial charge in [0.1, 0.15) is 6.54 Å². The van der Waals surface area contributed by atoms with Crippen LogP contribution in [-0.4, -0.2) is 27.1 Å². The number of aryl methyl sites for hydroxylation is 2. The van der Waals surface area contributed by atoms with Crippen LogP contribution in [0.25, 0.3) is 0 Å². The molecule has 0 aliphatic heterocycles. The highest BCUT2D eigenvalue weighted by molar-refractivity contribution is 7.92. The van der Waals surface area contributed by atoms with Crippen LogP contribution in [0.1, 0.15) is 16.7 Å². The number of hydrogen-bond acceptors (Lipinski definition) is 4. The molecule has 0 atom stereocenters. The van der Waals surface area contributed by atoms with Crippen LogP contribution in [0.3, 0.4) is 0 Å². The summed E-state index contributed by atoms with van der Waals surface area (Å²) in [5.74, 6) is -0.598. The lowest BCUT2D eigenvalue weighted by molar-refractivity contribution is -0.119. The molecule has 0 aromatic heterocycles. The Balaban J connectivity index is 1.87. The lowest BCUT2D eigenvalue weighted by Crippen LogP contribution is -2.39. The van der Waals surface area contributed by atoms with Crippen LogP contribution in [0, 0.1) is 13.8 Å². The van der Waals surface area contributed by atoms with E-state index in [-0.39, 0.29) is 4.90 Å². The molecule has 0 fully saturated rings. The first kappa shape index (κ1) is 23.8. The normalized spacial score (nSPS) is 11.5. The number of hydrogen-bond donors (Lipinski definition) is 1. The van der Waals surface area contributed by atoms with E-state index < -0.39 is 22.5 Å². The molecule has 0 saturated carbocycles. The minimum Gasteiger partial charge on any atom is -0.271 e. The number of hydrazone groups is 1. The topological polar surface area (TPSA) is 78.8 Å². The molecule has 0 unspecified atom stereocenters. The quantitative estimate of drug-likeness (QED) is 0.376. The molecule has 3 aromatic rings. The second kappa shape index (κ2) is 10.2. The Morgan fingerprint density at radius 1 is 0.969 bits per heavy atom. The molecule has 32 heavy (non-hydrogen) atoms. The van der Waals surface area contributed by atoms with Crippen molar-refractivity contribution in [2.24, 2.45) is 5.10 Å². The number of carbonyl (C=O) groups is 1. The summed E-state index contributed by atoms with van der Waals surface area (Å²) in [6.45, 7) is 3.34. The van der Waals surface area contributed by atoms with Crippen molar-refractivity contribution in [2.75, 3.05) is 10.8 Å². The van der Waals surface area contributed by atoms with Crippen LogP contribution >= 0.6 is 23.2 Å².